The molecule has 1 N–H and O–H groups in total. The fourth-order valence-electron chi connectivity index (χ4n) is 1.64. The normalized spacial score (nSPS) is 10.9. The van der Waals surface area contributed by atoms with Gasteiger partial charge in [-0.3, -0.25) is 9.48 Å². The van der Waals surface area contributed by atoms with Gasteiger partial charge in [-0.25, -0.2) is 0 Å². The lowest BCUT2D eigenvalue weighted by atomic mass is 10.3. The Morgan fingerprint density at radius 1 is 1.50 bits per heavy atom. The van der Waals surface area contributed by atoms with Crippen LogP contribution in [0.15, 0.2) is 10.4 Å². The summed E-state index contributed by atoms with van der Waals surface area (Å²) in [6, 6.07) is 1.99. The van der Waals surface area contributed by atoms with Crippen molar-refractivity contribution in [1.82, 2.24) is 20.0 Å². The molecule has 6 nitrogen and oxygen atoms in total. The first-order chi connectivity index (χ1) is 9.60. The molecule has 0 unspecified atom stereocenters. The number of carbonyl (C=O) groups is 1. The molecule has 8 heteroatoms. The van der Waals surface area contributed by atoms with E-state index in [0.29, 0.717) is 4.34 Å². The third-order valence-corrected chi connectivity index (χ3v) is 4.71. The monoisotopic (exact) mass is 312 g/mol. The van der Waals surface area contributed by atoms with Crippen LogP contribution in [0, 0.1) is 6.92 Å². The van der Waals surface area contributed by atoms with Gasteiger partial charge in [0.1, 0.15) is 5.69 Å². The summed E-state index contributed by atoms with van der Waals surface area (Å²) < 4.78 is 2.63. The molecule has 2 heterocycles. The maximum absolute atomic E-state index is 10.5. The van der Waals surface area contributed by atoms with Crippen LogP contribution in [0.3, 0.4) is 0 Å². The van der Waals surface area contributed by atoms with E-state index in [-0.39, 0.29) is 5.75 Å². The average Bonchev–Trinajstić information content (AvgIpc) is 3.00. The lowest BCUT2D eigenvalue weighted by Gasteiger charge is -2.01. The van der Waals surface area contributed by atoms with Gasteiger partial charge >= 0.3 is 5.97 Å². The number of thioether (sulfide) groups is 1. The number of carboxylic acid groups (broad SMARTS) is 1. The van der Waals surface area contributed by atoms with Crippen LogP contribution in [0.25, 0.3) is 10.7 Å². The van der Waals surface area contributed by atoms with E-state index in [1.807, 2.05) is 17.7 Å². The summed E-state index contributed by atoms with van der Waals surface area (Å²) in [7, 11) is 0. The number of hydrogen-bond acceptors (Lipinski definition) is 6. The maximum Gasteiger partial charge on any atom is 0.313 e. The van der Waals surface area contributed by atoms with Gasteiger partial charge in [-0.05, 0) is 19.4 Å². The lowest BCUT2D eigenvalue weighted by molar-refractivity contribution is -0.133. The number of rotatable bonds is 7. The molecule has 0 radical (unpaired) electrons. The Balaban J connectivity index is 2.09. The second kappa shape index (κ2) is 6.85. The van der Waals surface area contributed by atoms with Crippen LogP contribution < -0.4 is 0 Å². The molecule has 0 fully saturated rings. The summed E-state index contributed by atoms with van der Waals surface area (Å²) in [5.74, 6) is -0.857. The minimum atomic E-state index is -0.855. The quantitative estimate of drug-likeness (QED) is 0.792. The van der Waals surface area contributed by atoms with Crippen molar-refractivity contribution in [2.24, 2.45) is 0 Å². The largest absolute Gasteiger partial charge is 0.481 e. The van der Waals surface area contributed by atoms with Gasteiger partial charge in [0.25, 0.3) is 0 Å². The van der Waals surface area contributed by atoms with Crippen molar-refractivity contribution in [2.45, 2.75) is 37.6 Å². The van der Waals surface area contributed by atoms with Crippen molar-refractivity contribution in [2.75, 3.05) is 5.75 Å². The Labute approximate surface area is 125 Å². The summed E-state index contributed by atoms with van der Waals surface area (Å²) in [5, 5.41) is 22.0. The highest BCUT2D eigenvalue weighted by Crippen LogP contribution is 2.28. The van der Waals surface area contributed by atoms with Crippen molar-refractivity contribution in [3.05, 3.63) is 11.8 Å². The molecule has 20 heavy (non-hydrogen) atoms. The fourth-order valence-corrected chi connectivity index (χ4v) is 3.17. The molecule has 0 bridgehead atoms. The first-order valence-electron chi connectivity index (χ1n) is 6.33. The summed E-state index contributed by atoms with van der Waals surface area (Å²) in [5.41, 5.74) is 1.90. The van der Waals surface area contributed by atoms with Crippen molar-refractivity contribution in [1.29, 1.82) is 0 Å². The van der Waals surface area contributed by atoms with Gasteiger partial charge in [0.15, 0.2) is 9.35 Å². The van der Waals surface area contributed by atoms with Crippen LogP contribution >= 0.6 is 23.1 Å². The molecule has 108 valence electrons. The van der Waals surface area contributed by atoms with Crippen LogP contribution in [0.1, 0.15) is 25.5 Å². The second-order valence-corrected chi connectivity index (χ2v) is 6.50. The number of carboxylic acids is 1. The molecule has 0 aromatic carbocycles. The number of nitrogens with zero attached hydrogens (tertiary/aromatic N) is 4. The van der Waals surface area contributed by atoms with Gasteiger partial charge < -0.3 is 5.11 Å². The number of hydrogen-bond donors (Lipinski definition) is 1. The Hall–Kier alpha value is -1.41. The first kappa shape index (κ1) is 15.0. The Morgan fingerprint density at radius 2 is 2.30 bits per heavy atom. The van der Waals surface area contributed by atoms with Crippen molar-refractivity contribution >= 4 is 29.1 Å². The van der Waals surface area contributed by atoms with E-state index in [0.717, 1.165) is 35.8 Å². The standard InChI is InChI=1S/C12H16N4O2S2/c1-3-4-5-16-8(2)6-9(15-16)11-13-14-12(20-11)19-7-10(17)18/h6H,3-5,7H2,1-2H3,(H,17,18). The molecule has 2 rings (SSSR count). The van der Waals surface area contributed by atoms with Crippen LogP contribution in [-0.4, -0.2) is 36.8 Å². The van der Waals surface area contributed by atoms with Crippen molar-refractivity contribution < 1.29 is 9.90 Å². The van der Waals surface area contributed by atoms with Gasteiger partial charge in [-0.2, -0.15) is 5.10 Å². The number of aromatic nitrogens is 4. The summed E-state index contributed by atoms with van der Waals surface area (Å²) in [6.45, 7) is 5.07. The molecule has 2 aromatic rings. The van der Waals surface area contributed by atoms with Crippen LogP contribution in [0.5, 0.6) is 0 Å². The van der Waals surface area contributed by atoms with E-state index in [1.54, 1.807) is 0 Å². The highest BCUT2D eigenvalue weighted by molar-refractivity contribution is 8.01. The van der Waals surface area contributed by atoms with Crippen LogP contribution in [-0.2, 0) is 11.3 Å². The Kier molecular flexibility index (Phi) is 5.13. The van der Waals surface area contributed by atoms with Crippen LogP contribution in [0.2, 0.25) is 0 Å². The number of aryl methyl sites for hydroxylation is 2. The van der Waals surface area contributed by atoms with Gasteiger partial charge in [0.05, 0.1) is 5.75 Å². The predicted octanol–water partition coefficient (Wildman–Crippen LogP) is 2.69. The van der Waals surface area contributed by atoms with Gasteiger partial charge in [0.2, 0.25) is 0 Å². The summed E-state index contributed by atoms with van der Waals surface area (Å²) >= 11 is 2.56. The zero-order valence-corrected chi connectivity index (χ0v) is 13.0. The summed E-state index contributed by atoms with van der Waals surface area (Å²) in [4.78, 5) is 10.5. The zero-order chi connectivity index (χ0) is 14.5. The Morgan fingerprint density at radius 3 is 3.00 bits per heavy atom. The van der Waals surface area contributed by atoms with Gasteiger partial charge in [-0.15, -0.1) is 10.2 Å². The molecule has 0 amide bonds. The lowest BCUT2D eigenvalue weighted by Crippen LogP contribution is -2.01. The first-order valence-corrected chi connectivity index (χ1v) is 8.13. The van der Waals surface area contributed by atoms with E-state index in [1.165, 1.54) is 23.1 Å². The minimum absolute atomic E-state index is 0.00139. The fraction of sp³-hybridized carbons (Fsp3) is 0.500. The topological polar surface area (TPSA) is 80.9 Å². The van der Waals surface area contributed by atoms with E-state index >= 15 is 0 Å². The molecular formula is C12H16N4O2S2. The van der Waals surface area contributed by atoms with Crippen molar-refractivity contribution in [3.63, 3.8) is 0 Å². The number of aliphatic carboxylic acids is 1. The molecule has 2 aromatic heterocycles. The highest BCUT2D eigenvalue weighted by Gasteiger charge is 2.13. The minimum Gasteiger partial charge on any atom is -0.481 e. The number of unbranched alkanes of at least 4 members (excludes halogenated alkanes) is 1. The third-order valence-electron chi connectivity index (χ3n) is 2.65. The SMILES string of the molecule is CCCCn1nc(-c2nnc(SCC(=O)O)s2)cc1C. The van der Waals surface area contributed by atoms with Crippen LogP contribution in [0.4, 0.5) is 0 Å². The molecule has 0 saturated heterocycles. The van der Waals surface area contributed by atoms with Gasteiger partial charge in [-0.1, -0.05) is 36.4 Å². The maximum atomic E-state index is 10.5. The predicted molar refractivity (Wildman–Crippen MR) is 79.1 cm³/mol. The molecule has 0 aliphatic heterocycles. The molecule has 0 spiro atoms. The molecule has 0 saturated carbocycles. The van der Waals surface area contributed by atoms with E-state index < -0.39 is 5.97 Å². The smallest absolute Gasteiger partial charge is 0.313 e. The second-order valence-electron chi connectivity index (χ2n) is 4.30. The van der Waals surface area contributed by atoms with E-state index in [4.69, 9.17) is 5.11 Å². The zero-order valence-electron chi connectivity index (χ0n) is 11.4. The highest BCUT2D eigenvalue weighted by atomic mass is 32.2. The van der Waals surface area contributed by atoms with Crippen molar-refractivity contribution in [3.8, 4) is 10.7 Å². The van der Waals surface area contributed by atoms with E-state index in [2.05, 4.69) is 22.2 Å². The molecule has 0 aliphatic rings. The molecular weight excluding hydrogens is 296 g/mol. The van der Waals surface area contributed by atoms with Gasteiger partial charge in [0, 0.05) is 12.2 Å². The third kappa shape index (κ3) is 3.80. The van der Waals surface area contributed by atoms with E-state index in [9.17, 15) is 4.79 Å². The molecule has 0 atom stereocenters. The average molecular weight is 312 g/mol. The molecule has 0 aliphatic carbocycles. The summed E-state index contributed by atoms with van der Waals surface area (Å²) in [6.07, 6.45) is 2.22. The Bertz CT molecular complexity index is 594.